The van der Waals surface area contributed by atoms with Gasteiger partial charge in [-0.05, 0) is 43.7 Å². The van der Waals surface area contributed by atoms with Crippen LogP contribution in [0.2, 0.25) is 0 Å². The zero-order valence-corrected chi connectivity index (χ0v) is 18.9. The van der Waals surface area contributed by atoms with E-state index in [1.54, 1.807) is 37.2 Å². The Balaban J connectivity index is 1.49. The molecule has 172 valence electrons. The molecule has 0 bridgehead atoms. The third-order valence-electron chi connectivity index (χ3n) is 5.62. The minimum Gasteiger partial charge on any atom is -0.382 e. The molecule has 35 heavy (non-hydrogen) atoms. The predicted molar refractivity (Wildman–Crippen MR) is 132 cm³/mol. The second kappa shape index (κ2) is 8.24. The Kier molecular flexibility index (Phi) is 4.91. The Morgan fingerprint density at radius 2 is 1.77 bits per heavy atom. The van der Waals surface area contributed by atoms with Crippen molar-refractivity contribution >= 4 is 27.8 Å². The lowest BCUT2D eigenvalue weighted by molar-refractivity contribution is 0.638. The van der Waals surface area contributed by atoms with Crippen molar-refractivity contribution < 1.29 is 4.39 Å². The summed E-state index contributed by atoms with van der Waals surface area (Å²) in [4.78, 5) is 24.9. The number of nitrogens with zero attached hydrogens (tertiary/aromatic N) is 6. The Morgan fingerprint density at radius 3 is 2.60 bits per heavy atom. The summed E-state index contributed by atoms with van der Waals surface area (Å²) in [5, 5.41) is 10.8. The highest BCUT2D eigenvalue weighted by Crippen LogP contribution is 2.34. The molecule has 3 N–H and O–H groups in total. The molecule has 0 aromatic carbocycles. The van der Waals surface area contributed by atoms with Gasteiger partial charge in [0, 0.05) is 48.2 Å². The number of aromatic nitrogens is 8. The van der Waals surface area contributed by atoms with E-state index in [1.807, 2.05) is 38.1 Å². The van der Waals surface area contributed by atoms with Crippen LogP contribution in [0.1, 0.15) is 13.8 Å². The van der Waals surface area contributed by atoms with Gasteiger partial charge in [0.2, 0.25) is 0 Å². The maximum atomic E-state index is 15.9. The van der Waals surface area contributed by atoms with Crippen LogP contribution in [0.5, 0.6) is 0 Å². The number of nitrogens with one attached hydrogen (secondary N) is 3. The molecular weight excluding hydrogens is 445 g/mol. The molecule has 6 rings (SSSR count). The summed E-state index contributed by atoms with van der Waals surface area (Å²) in [5.74, 6) is -0.0952. The topological polar surface area (TPSA) is 121 Å². The molecule has 6 aromatic heterocycles. The van der Waals surface area contributed by atoms with Crippen LogP contribution in [0.3, 0.4) is 0 Å². The molecule has 0 saturated heterocycles. The van der Waals surface area contributed by atoms with E-state index in [2.05, 4.69) is 45.4 Å². The molecule has 6 aromatic rings. The Labute approximate surface area is 198 Å². The number of fused-ring (bicyclic) bond motifs is 2. The van der Waals surface area contributed by atoms with Crippen LogP contribution in [-0.2, 0) is 0 Å². The second-order valence-corrected chi connectivity index (χ2v) is 8.42. The van der Waals surface area contributed by atoms with Gasteiger partial charge in [-0.1, -0.05) is 0 Å². The normalized spacial score (nSPS) is 11.5. The number of anilines is 1. The Hall–Kier alpha value is -4.73. The first-order valence-electron chi connectivity index (χ1n) is 11.1. The lowest BCUT2D eigenvalue weighted by Crippen LogP contribution is -2.09. The molecule has 0 fully saturated rings. The molecule has 0 unspecified atom stereocenters. The average molecular weight is 465 g/mol. The fourth-order valence-corrected chi connectivity index (χ4v) is 4.12. The standard InChI is InChI=1S/C25H20FN9/c1-13(2)31-16-9-15(10-28-11-16)21-20(26)19-18(12-30-21)34-35-23(19)25-32-22-17(5-8-29-24(22)33-25)14-3-6-27-7-4-14/h3-13,31H,1-2H3,(H,34,35)(H,29,32,33). The summed E-state index contributed by atoms with van der Waals surface area (Å²) in [5.41, 5.74) is 5.48. The highest BCUT2D eigenvalue weighted by atomic mass is 19.1. The van der Waals surface area contributed by atoms with E-state index in [4.69, 9.17) is 0 Å². The van der Waals surface area contributed by atoms with Gasteiger partial charge in [-0.25, -0.2) is 14.4 Å². The maximum absolute atomic E-state index is 15.9. The zero-order valence-electron chi connectivity index (χ0n) is 18.9. The largest absolute Gasteiger partial charge is 0.382 e. The van der Waals surface area contributed by atoms with Crippen molar-refractivity contribution in [2.24, 2.45) is 0 Å². The van der Waals surface area contributed by atoms with Crippen LogP contribution < -0.4 is 5.32 Å². The molecular formula is C25H20FN9. The minimum absolute atomic E-state index is 0.187. The van der Waals surface area contributed by atoms with Crippen LogP contribution in [0.15, 0.2) is 61.4 Å². The van der Waals surface area contributed by atoms with Crippen LogP contribution >= 0.6 is 0 Å². The highest BCUT2D eigenvalue weighted by Gasteiger charge is 2.21. The van der Waals surface area contributed by atoms with E-state index in [9.17, 15) is 0 Å². The van der Waals surface area contributed by atoms with Gasteiger partial charge >= 0.3 is 0 Å². The molecule has 0 aliphatic rings. The summed E-state index contributed by atoms with van der Waals surface area (Å²) >= 11 is 0. The summed E-state index contributed by atoms with van der Waals surface area (Å²) in [6.07, 6.45) is 10.0. The van der Waals surface area contributed by atoms with Crippen LogP contribution in [0.4, 0.5) is 10.1 Å². The van der Waals surface area contributed by atoms with E-state index in [1.165, 1.54) is 0 Å². The van der Waals surface area contributed by atoms with E-state index in [0.717, 1.165) is 22.3 Å². The molecule has 0 saturated carbocycles. The molecule has 6 heterocycles. The summed E-state index contributed by atoms with van der Waals surface area (Å²) in [7, 11) is 0. The van der Waals surface area contributed by atoms with Crippen molar-refractivity contribution in [1.29, 1.82) is 0 Å². The van der Waals surface area contributed by atoms with Crippen LogP contribution in [-0.4, -0.2) is 46.1 Å². The minimum atomic E-state index is -0.502. The molecule has 0 aliphatic carbocycles. The molecule has 0 radical (unpaired) electrons. The quantitative estimate of drug-likeness (QED) is 0.328. The number of halogens is 1. The molecule has 0 aliphatic heterocycles. The third kappa shape index (κ3) is 3.65. The number of hydrogen-bond acceptors (Lipinski definition) is 7. The molecule has 0 atom stereocenters. The van der Waals surface area contributed by atoms with Gasteiger partial charge in [0.1, 0.15) is 11.4 Å². The maximum Gasteiger partial charge on any atom is 0.178 e. The third-order valence-corrected chi connectivity index (χ3v) is 5.62. The van der Waals surface area contributed by atoms with Crippen LogP contribution in [0.25, 0.3) is 56.0 Å². The van der Waals surface area contributed by atoms with Gasteiger partial charge in [0.15, 0.2) is 17.3 Å². The van der Waals surface area contributed by atoms with Gasteiger partial charge in [-0.2, -0.15) is 5.10 Å². The lowest BCUT2D eigenvalue weighted by Gasteiger charge is -2.11. The van der Waals surface area contributed by atoms with E-state index in [-0.39, 0.29) is 11.7 Å². The number of rotatable bonds is 5. The molecule has 0 amide bonds. The van der Waals surface area contributed by atoms with Gasteiger partial charge < -0.3 is 10.3 Å². The Morgan fingerprint density at radius 1 is 0.914 bits per heavy atom. The van der Waals surface area contributed by atoms with E-state index < -0.39 is 5.82 Å². The summed E-state index contributed by atoms with van der Waals surface area (Å²) in [6, 6.07) is 7.76. The van der Waals surface area contributed by atoms with Gasteiger partial charge in [0.05, 0.1) is 28.3 Å². The number of aromatic amines is 2. The number of H-pyrrole nitrogens is 2. The Bertz CT molecular complexity index is 1670. The number of hydrogen-bond donors (Lipinski definition) is 3. The molecule has 0 spiro atoms. The van der Waals surface area contributed by atoms with E-state index >= 15 is 4.39 Å². The zero-order chi connectivity index (χ0) is 23.9. The first-order chi connectivity index (χ1) is 17.1. The van der Waals surface area contributed by atoms with Crippen molar-refractivity contribution in [2.75, 3.05) is 5.32 Å². The van der Waals surface area contributed by atoms with Crippen molar-refractivity contribution in [1.82, 2.24) is 40.1 Å². The van der Waals surface area contributed by atoms with Gasteiger partial charge in [-0.3, -0.25) is 20.1 Å². The molecule has 10 heteroatoms. The van der Waals surface area contributed by atoms with Crippen molar-refractivity contribution in [3.63, 3.8) is 0 Å². The average Bonchev–Trinajstić information content (AvgIpc) is 3.49. The second-order valence-electron chi connectivity index (χ2n) is 8.42. The first-order valence-corrected chi connectivity index (χ1v) is 11.1. The van der Waals surface area contributed by atoms with Crippen molar-refractivity contribution in [3.05, 3.63) is 67.3 Å². The first kappa shape index (κ1) is 20.8. The van der Waals surface area contributed by atoms with Crippen molar-refractivity contribution in [2.45, 2.75) is 19.9 Å². The van der Waals surface area contributed by atoms with E-state index in [0.29, 0.717) is 33.6 Å². The number of imidazole rings is 1. The number of pyridine rings is 4. The summed E-state index contributed by atoms with van der Waals surface area (Å²) < 4.78 is 15.9. The lowest BCUT2D eigenvalue weighted by atomic mass is 10.1. The fraction of sp³-hybridized carbons (Fsp3) is 0.120. The fourth-order valence-electron chi connectivity index (χ4n) is 4.12. The highest BCUT2D eigenvalue weighted by molar-refractivity contribution is 5.97. The van der Waals surface area contributed by atoms with Crippen LogP contribution in [0, 0.1) is 5.82 Å². The SMILES string of the molecule is CC(C)Nc1cncc(-c2ncc3[nH]nc(-c4nc5nccc(-c6ccncc6)c5[nH]4)c3c2F)c1. The molecule has 9 nitrogen and oxygen atoms in total. The van der Waals surface area contributed by atoms with Crippen molar-refractivity contribution in [3.8, 4) is 33.9 Å². The monoisotopic (exact) mass is 465 g/mol. The predicted octanol–water partition coefficient (Wildman–Crippen LogP) is 4.98. The van der Waals surface area contributed by atoms with Gasteiger partial charge in [0.25, 0.3) is 0 Å². The van der Waals surface area contributed by atoms with Gasteiger partial charge in [-0.15, -0.1) is 0 Å². The smallest absolute Gasteiger partial charge is 0.178 e. The summed E-state index contributed by atoms with van der Waals surface area (Å²) in [6.45, 7) is 4.05.